The molecule has 0 aromatic heterocycles. The SMILES string of the molecule is COc1cc(C(O)C(F)F)cc2c1OCO2. The van der Waals surface area contributed by atoms with Gasteiger partial charge in [0.25, 0.3) is 6.43 Å². The summed E-state index contributed by atoms with van der Waals surface area (Å²) in [6.45, 7) is 0.0138. The van der Waals surface area contributed by atoms with Gasteiger partial charge in [0, 0.05) is 0 Å². The van der Waals surface area contributed by atoms with Crippen LogP contribution in [0.1, 0.15) is 11.7 Å². The zero-order chi connectivity index (χ0) is 11.7. The number of aliphatic hydroxyl groups is 1. The van der Waals surface area contributed by atoms with Crippen LogP contribution in [0.3, 0.4) is 0 Å². The van der Waals surface area contributed by atoms with E-state index in [1.807, 2.05) is 0 Å². The molecule has 0 spiro atoms. The third-order valence-corrected chi connectivity index (χ3v) is 2.26. The summed E-state index contributed by atoms with van der Waals surface area (Å²) in [5, 5.41) is 9.25. The highest BCUT2D eigenvalue weighted by atomic mass is 19.3. The van der Waals surface area contributed by atoms with Gasteiger partial charge >= 0.3 is 0 Å². The third kappa shape index (κ3) is 1.76. The molecule has 4 nitrogen and oxygen atoms in total. The molecule has 0 radical (unpaired) electrons. The minimum Gasteiger partial charge on any atom is -0.493 e. The summed E-state index contributed by atoms with van der Waals surface area (Å²) in [7, 11) is 1.38. The van der Waals surface area contributed by atoms with Gasteiger partial charge in [0.05, 0.1) is 7.11 Å². The predicted molar refractivity (Wildman–Crippen MR) is 50.1 cm³/mol. The summed E-state index contributed by atoms with van der Waals surface area (Å²) in [5.41, 5.74) is 0.0381. The zero-order valence-corrected chi connectivity index (χ0v) is 8.44. The summed E-state index contributed by atoms with van der Waals surface area (Å²) >= 11 is 0. The molecule has 1 unspecified atom stereocenters. The number of methoxy groups -OCH3 is 1. The van der Waals surface area contributed by atoms with Crippen molar-refractivity contribution in [3.05, 3.63) is 17.7 Å². The van der Waals surface area contributed by atoms with Crippen LogP contribution in [0.4, 0.5) is 8.78 Å². The summed E-state index contributed by atoms with van der Waals surface area (Å²) in [5.74, 6) is 0.937. The molecule has 0 saturated heterocycles. The number of alkyl halides is 2. The van der Waals surface area contributed by atoms with Crippen LogP contribution in [0.15, 0.2) is 12.1 Å². The summed E-state index contributed by atoms with van der Waals surface area (Å²) in [4.78, 5) is 0. The number of fused-ring (bicyclic) bond motifs is 1. The Morgan fingerprint density at radius 1 is 1.38 bits per heavy atom. The van der Waals surface area contributed by atoms with E-state index in [4.69, 9.17) is 14.2 Å². The van der Waals surface area contributed by atoms with Gasteiger partial charge < -0.3 is 19.3 Å². The normalized spacial score (nSPS) is 15.3. The lowest BCUT2D eigenvalue weighted by molar-refractivity contribution is -0.00594. The van der Waals surface area contributed by atoms with Crippen molar-refractivity contribution in [1.29, 1.82) is 0 Å². The molecule has 1 N–H and O–H groups in total. The monoisotopic (exact) mass is 232 g/mol. The number of hydrogen-bond donors (Lipinski definition) is 1. The first-order chi connectivity index (χ1) is 7.63. The Balaban J connectivity index is 2.41. The van der Waals surface area contributed by atoms with E-state index < -0.39 is 12.5 Å². The van der Waals surface area contributed by atoms with Gasteiger partial charge in [0.15, 0.2) is 11.5 Å². The van der Waals surface area contributed by atoms with Crippen molar-refractivity contribution in [3.8, 4) is 17.2 Å². The highest BCUT2D eigenvalue weighted by molar-refractivity contribution is 5.55. The van der Waals surface area contributed by atoms with Crippen LogP contribution >= 0.6 is 0 Å². The minimum atomic E-state index is -2.86. The standard InChI is InChI=1S/C10H10F2O4/c1-14-6-2-5(8(13)10(11)12)3-7-9(6)16-4-15-7/h2-3,8,10,13H,4H2,1H3. The molecule has 0 bridgehead atoms. The molecule has 0 fully saturated rings. The average Bonchev–Trinajstić information content (AvgIpc) is 2.74. The zero-order valence-electron chi connectivity index (χ0n) is 8.44. The van der Waals surface area contributed by atoms with Crippen LogP contribution in [0, 0.1) is 0 Å². The van der Waals surface area contributed by atoms with E-state index in [2.05, 4.69) is 0 Å². The van der Waals surface area contributed by atoms with E-state index in [0.29, 0.717) is 11.5 Å². The van der Waals surface area contributed by atoms with Gasteiger partial charge in [-0.2, -0.15) is 0 Å². The van der Waals surface area contributed by atoms with Gasteiger partial charge in [0.1, 0.15) is 6.10 Å². The fourth-order valence-electron chi connectivity index (χ4n) is 1.47. The lowest BCUT2D eigenvalue weighted by atomic mass is 10.1. The maximum atomic E-state index is 12.3. The van der Waals surface area contributed by atoms with E-state index in [1.54, 1.807) is 0 Å². The van der Waals surface area contributed by atoms with Crippen molar-refractivity contribution in [2.24, 2.45) is 0 Å². The first-order valence-electron chi connectivity index (χ1n) is 4.57. The number of aliphatic hydroxyl groups excluding tert-OH is 1. The van der Waals surface area contributed by atoms with Gasteiger partial charge in [0.2, 0.25) is 12.5 Å². The largest absolute Gasteiger partial charge is 0.493 e. The Hall–Kier alpha value is -1.56. The van der Waals surface area contributed by atoms with E-state index >= 15 is 0 Å². The van der Waals surface area contributed by atoms with Gasteiger partial charge in [-0.15, -0.1) is 0 Å². The molecule has 0 saturated carbocycles. The van der Waals surface area contributed by atoms with Crippen LogP contribution in [0.2, 0.25) is 0 Å². The second-order valence-corrected chi connectivity index (χ2v) is 3.24. The van der Waals surface area contributed by atoms with Gasteiger partial charge in [-0.25, -0.2) is 8.78 Å². The summed E-state index contributed by atoms with van der Waals surface area (Å²) in [6.07, 6.45) is -4.71. The van der Waals surface area contributed by atoms with E-state index in [1.165, 1.54) is 19.2 Å². The summed E-state index contributed by atoms with van der Waals surface area (Å²) < 4.78 is 39.8. The van der Waals surface area contributed by atoms with Crippen LogP contribution < -0.4 is 14.2 Å². The first kappa shape index (κ1) is 10.9. The maximum absolute atomic E-state index is 12.3. The van der Waals surface area contributed by atoms with Crippen molar-refractivity contribution in [1.82, 2.24) is 0 Å². The molecule has 1 heterocycles. The van der Waals surface area contributed by atoms with Crippen LogP contribution in [0.5, 0.6) is 17.2 Å². The number of hydrogen-bond acceptors (Lipinski definition) is 4. The van der Waals surface area contributed by atoms with Crippen molar-refractivity contribution >= 4 is 0 Å². The molecule has 1 aliphatic rings. The number of rotatable bonds is 3. The fraction of sp³-hybridized carbons (Fsp3) is 0.400. The van der Waals surface area contributed by atoms with Crippen molar-refractivity contribution in [3.63, 3.8) is 0 Å². The van der Waals surface area contributed by atoms with Crippen LogP contribution in [-0.2, 0) is 0 Å². The highest BCUT2D eigenvalue weighted by Gasteiger charge is 2.26. The Bertz CT molecular complexity index is 395. The molecular formula is C10H10F2O4. The van der Waals surface area contributed by atoms with Gasteiger partial charge in [-0.1, -0.05) is 0 Å². The molecule has 2 rings (SSSR count). The van der Waals surface area contributed by atoms with Crippen LogP contribution in [0.25, 0.3) is 0 Å². The number of benzene rings is 1. The second-order valence-electron chi connectivity index (χ2n) is 3.24. The molecule has 1 aliphatic heterocycles. The highest BCUT2D eigenvalue weighted by Crippen LogP contribution is 2.43. The third-order valence-electron chi connectivity index (χ3n) is 2.26. The van der Waals surface area contributed by atoms with Gasteiger partial charge in [-0.05, 0) is 17.7 Å². The second kappa shape index (κ2) is 4.13. The van der Waals surface area contributed by atoms with Gasteiger partial charge in [-0.3, -0.25) is 0 Å². The molecule has 1 atom stereocenters. The fourth-order valence-corrected chi connectivity index (χ4v) is 1.47. The van der Waals surface area contributed by atoms with Crippen molar-refractivity contribution in [2.45, 2.75) is 12.5 Å². The van der Waals surface area contributed by atoms with E-state index in [9.17, 15) is 13.9 Å². The Morgan fingerprint density at radius 3 is 2.75 bits per heavy atom. The molecule has 0 aliphatic carbocycles. The van der Waals surface area contributed by atoms with Crippen LogP contribution in [-0.4, -0.2) is 25.4 Å². The molecule has 1 aromatic rings. The van der Waals surface area contributed by atoms with Crippen molar-refractivity contribution in [2.75, 3.05) is 13.9 Å². The molecule has 6 heteroatoms. The minimum absolute atomic E-state index is 0.0138. The lowest BCUT2D eigenvalue weighted by Crippen LogP contribution is -2.08. The smallest absolute Gasteiger partial charge is 0.268 e. The number of halogens is 2. The predicted octanol–water partition coefficient (Wildman–Crippen LogP) is 1.72. The quantitative estimate of drug-likeness (QED) is 0.862. The Kier molecular flexibility index (Phi) is 2.82. The lowest BCUT2D eigenvalue weighted by Gasteiger charge is -2.12. The summed E-state index contributed by atoms with van der Waals surface area (Å²) in [6, 6.07) is 2.63. The van der Waals surface area contributed by atoms with E-state index in [-0.39, 0.29) is 18.1 Å². The molecular weight excluding hydrogens is 222 g/mol. The Labute approximate surface area is 90.4 Å². The van der Waals surface area contributed by atoms with E-state index in [0.717, 1.165) is 0 Å². The average molecular weight is 232 g/mol. The maximum Gasteiger partial charge on any atom is 0.268 e. The first-order valence-corrected chi connectivity index (χ1v) is 4.57. The van der Waals surface area contributed by atoms with Crippen molar-refractivity contribution < 1.29 is 28.1 Å². The molecule has 16 heavy (non-hydrogen) atoms. The topological polar surface area (TPSA) is 47.9 Å². The molecule has 1 aromatic carbocycles. The number of ether oxygens (including phenoxy) is 3. The Morgan fingerprint density at radius 2 is 2.12 bits per heavy atom. The molecule has 0 amide bonds. The molecule has 88 valence electrons.